The third kappa shape index (κ3) is 2.60. The fourth-order valence-corrected chi connectivity index (χ4v) is 3.37. The number of nitrogens with two attached hydrogens (primary N) is 1. The van der Waals surface area contributed by atoms with Crippen LogP contribution in [0.5, 0.6) is 0 Å². The second-order valence-electron chi connectivity index (χ2n) is 7.84. The summed E-state index contributed by atoms with van der Waals surface area (Å²) in [5.74, 6) is 0.0103. The van der Waals surface area contributed by atoms with Gasteiger partial charge in [-0.05, 0) is 70.5 Å². The molecule has 124 valence electrons. The van der Waals surface area contributed by atoms with Crippen molar-refractivity contribution in [2.45, 2.75) is 71.0 Å². The SMILES string of the molecule is Cc1ccc(C(N)=O)c(C2CCC2)c1B1OC(C)(C)C(C)(C)O1. The maximum atomic E-state index is 11.9. The van der Waals surface area contributed by atoms with Gasteiger partial charge in [0.2, 0.25) is 5.91 Å². The van der Waals surface area contributed by atoms with E-state index in [1.54, 1.807) is 0 Å². The van der Waals surface area contributed by atoms with Gasteiger partial charge < -0.3 is 15.0 Å². The number of carbonyl (C=O) groups excluding carboxylic acids is 1. The van der Waals surface area contributed by atoms with Gasteiger partial charge in [-0.3, -0.25) is 4.79 Å². The van der Waals surface area contributed by atoms with Crippen LogP contribution in [-0.2, 0) is 9.31 Å². The average Bonchev–Trinajstić information content (AvgIpc) is 2.55. The Morgan fingerprint density at radius 1 is 1.17 bits per heavy atom. The zero-order valence-electron chi connectivity index (χ0n) is 14.7. The predicted octanol–water partition coefficient (Wildman–Crippen LogP) is 2.66. The third-order valence-electron chi connectivity index (χ3n) is 5.77. The van der Waals surface area contributed by atoms with E-state index in [1.807, 2.05) is 46.8 Å². The molecule has 0 spiro atoms. The molecule has 0 unspecified atom stereocenters. The molecule has 4 nitrogen and oxygen atoms in total. The molecule has 1 heterocycles. The Labute approximate surface area is 138 Å². The van der Waals surface area contributed by atoms with Crippen LogP contribution in [0.1, 0.15) is 74.4 Å². The summed E-state index contributed by atoms with van der Waals surface area (Å²) in [5, 5.41) is 0. The van der Waals surface area contributed by atoms with Gasteiger partial charge in [-0.1, -0.05) is 18.1 Å². The highest BCUT2D eigenvalue weighted by molar-refractivity contribution is 6.63. The number of hydrogen-bond donors (Lipinski definition) is 1. The van der Waals surface area contributed by atoms with Crippen LogP contribution in [0, 0.1) is 6.92 Å². The first-order valence-electron chi connectivity index (χ1n) is 8.43. The van der Waals surface area contributed by atoms with Gasteiger partial charge in [0.25, 0.3) is 0 Å². The first-order chi connectivity index (χ1) is 10.6. The minimum absolute atomic E-state index is 0.371. The summed E-state index contributed by atoms with van der Waals surface area (Å²) in [5.41, 5.74) is 8.59. The largest absolute Gasteiger partial charge is 0.495 e. The van der Waals surface area contributed by atoms with Gasteiger partial charge in [-0.25, -0.2) is 0 Å². The van der Waals surface area contributed by atoms with E-state index in [0.29, 0.717) is 11.5 Å². The zero-order valence-corrected chi connectivity index (χ0v) is 14.7. The van der Waals surface area contributed by atoms with Gasteiger partial charge >= 0.3 is 7.12 Å². The summed E-state index contributed by atoms with van der Waals surface area (Å²) < 4.78 is 12.5. The Morgan fingerprint density at radius 3 is 2.17 bits per heavy atom. The number of rotatable bonds is 3. The zero-order chi connectivity index (χ0) is 17.0. The molecule has 0 atom stereocenters. The van der Waals surface area contributed by atoms with Crippen LogP contribution >= 0.6 is 0 Å². The second kappa shape index (κ2) is 5.35. The quantitative estimate of drug-likeness (QED) is 0.872. The number of benzene rings is 1. The van der Waals surface area contributed by atoms with Crippen LogP contribution in [-0.4, -0.2) is 24.2 Å². The van der Waals surface area contributed by atoms with Crippen molar-refractivity contribution in [2.24, 2.45) is 5.73 Å². The van der Waals surface area contributed by atoms with Crippen molar-refractivity contribution >= 4 is 18.5 Å². The number of amides is 1. The first kappa shape index (κ1) is 16.5. The molecule has 0 radical (unpaired) electrons. The average molecular weight is 315 g/mol. The predicted molar refractivity (Wildman–Crippen MR) is 92.0 cm³/mol. The van der Waals surface area contributed by atoms with Gasteiger partial charge in [-0.15, -0.1) is 0 Å². The van der Waals surface area contributed by atoms with Crippen LogP contribution in [0.25, 0.3) is 0 Å². The van der Waals surface area contributed by atoms with E-state index in [0.717, 1.165) is 29.4 Å². The standard InChI is InChI=1S/C18H26BNO3/c1-11-9-10-13(16(20)21)14(12-7-6-8-12)15(11)19-22-17(2,3)18(4,5)23-19/h9-10,12H,6-8H2,1-5H3,(H2,20,21). The van der Waals surface area contributed by atoms with E-state index in [-0.39, 0.29) is 5.91 Å². The molecule has 1 aromatic carbocycles. The maximum absolute atomic E-state index is 11.9. The molecule has 2 N–H and O–H groups in total. The van der Waals surface area contributed by atoms with Gasteiger partial charge in [0.15, 0.2) is 0 Å². The number of primary amides is 1. The second-order valence-corrected chi connectivity index (χ2v) is 7.84. The van der Waals surface area contributed by atoms with Crippen LogP contribution in [0.15, 0.2) is 12.1 Å². The highest BCUT2D eigenvalue weighted by Gasteiger charge is 2.53. The minimum atomic E-state index is -0.449. The molecule has 1 amide bonds. The molecule has 1 saturated carbocycles. The number of hydrogen-bond acceptors (Lipinski definition) is 3. The van der Waals surface area contributed by atoms with E-state index < -0.39 is 18.3 Å². The third-order valence-corrected chi connectivity index (χ3v) is 5.77. The first-order valence-corrected chi connectivity index (χ1v) is 8.43. The Balaban J connectivity index is 2.12. The molecule has 5 heteroatoms. The van der Waals surface area contributed by atoms with E-state index in [9.17, 15) is 4.79 Å². The van der Waals surface area contributed by atoms with Crippen molar-refractivity contribution in [3.8, 4) is 0 Å². The molecule has 2 fully saturated rings. The summed E-state index contributed by atoms with van der Waals surface area (Å²) in [7, 11) is -0.449. The molecule has 1 aliphatic carbocycles. The summed E-state index contributed by atoms with van der Waals surface area (Å²) >= 11 is 0. The van der Waals surface area contributed by atoms with Crippen LogP contribution in [0.3, 0.4) is 0 Å². The van der Waals surface area contributed by atoms with Crippen molar-refractivity contribution in [3.63, 3.8) is 0 Å². The minimum Gasteiger partial charge on any atom is -0.399 e. The smallest absolute Gasteiger partial charge is 0.399 e. The summed E-state index contributed by atoms with van der Waals surface area (Å²) in [6.45, 7) is 10.2. The molecular formula is C18H26BNO3. The summed E-state index contributed by atoms with van der Waals surface area (Å²) in [6.07, 6.45) is 3.38. The van der Waals surface area contributed by atoms with Gasteiger partial charge in [0.1, 0.15) is 0 Å². The molecule has 1 saturated heterocycles. The lowest BCUT2D eigenvalue weighted by Crippen LogP contribution is -2.41. The van der Waals surface area contributed by atoms with Crippen LogP contribution < -0.4 is 11.2 Å². The Morgan fingerprint density at radius 2 is 1.74 bits per heavy atom. The molecule has 1 aromatic rings. The van der Waals surface area contributed by atoms with Crippen molar-refractivity contribution in [1.82, 2.24) is 0 Å². The number of carbonyl (C=O) groups is 1. The molecule has 1 aliphatic heterocycles. The lowest BCUT2D eigenvalue weighted by molar-refractivity contribution is 0.00578. The Bertz CT molecular complexity index is 634. The van der Waals surface area contributed by atoms with Crippen molar-refractivity contribution in [3.05, 3.63) is 28.8 Å². The van der Waals surface area contributed by atoms with Gasteiger partial charge in [-0.2, -0.15) is 0 Å². The van der Waals surface area contributed by atoms with Crippen molar-refractivity contribution in [2.75, 3.05) is 0 Å². The monoisotopic (exact) mass is 315 g/mol. The topological polar surface area (TPSA) is 61.6 Å². The maximum Gasteiger partial charge on any atom is 0.495 e. The van der Waals surface area contributed by atoms with Crippen molar-refractivity contribution in [1.29, 1.82) is 0 Å². The lowest BCUT2D eigenvalue weighted by atomic mass is 9.65. The fraction of sp³-hybridized carbons (Fsp3) is 0.611. The van der Waals surface area contributed by atoms with Gasteiger partial charge in [0.05, 0.1) is 11.2 Å². The Hall–Kier alpha value is -1.33. The van der Waals surface area contributed by atoms with Crippen LogP contribution in [0.2, 0.25) is 0 Å². The molecular weight excluding hydrogens is 289 g/mol. The van der Waals surface area contributed by atoms with Crippen LogP contribution in [0.4, 0.5) is 0 Å². The molecule has 23 heavy (non-hydrogen) atoms. The summed E-state index contributed by atoms with van der Waals surface area (Å²) in [6, 6.07) is 3.79. The van der Waals surface area contributed by atoms with Gasteiger partial charge in [0, 0.05) is 5.56 Å². The lowest BCUT2D eigenvalue weighted by Gasteiger charge is -2.32. The molecule has 0 aromatic heterocycles. The van der Waals surface area contributed by atoms with E-state index in [1.165, 1.54) is 6.42 Å². The normalized spacial score (nSPS) is 22.9. The Kier molecular flexibility index (Phi) is 3.85. The van der Waals surface area contributed by atoms with E-state index >= 15 is 0 Å². The van der Waals surface area contributed by atoms with E-state index in [4.69, 9.17) is 15.0 Å². The molecule has 2 aliphatic rings. The van der Waals surface area contributed by atoms with E-state index in [2.05, 4.69) is 0 Å². The van der Waals surface area contributed by atoms with Crippen molar-refractivity contribution < 1.29 is 14.1 Å². The molecule has 3 rings (SSSR count). The highest BCUT2D eigenvalue weighted by atomic mass is 16.7. The highest BCUT2D eigenvalue weighted by Crippen LogP contribution is 2.41. The summed E-state index contributed by atoms with van der Waals surface area (Å²) in [4.78, 5) is 11.9. The number of aryl methyl sites for hydroxylation is 1. The molecule has 0 bridgehead atoms. The fourth-order valence-electron chi connectivity index (χ4n) is 3.37.